The number of carbonyl (C=O) groups excluding carboxylic acids is 2. The predicted octanol–water partition coefficient (Wildman–Crippen LogP) is 2.56. The summed E-state index contributed by atoms with van der Waals surface area (Å²) in [5.41, 5.74) is 0.893. The first-order valence-corrected chi connectivity index (χ1v) is 6.53. The second-order valence-corrected chi connectivity index (χ2v) is 4.73. The molecule has 0 radical (unpaired) electrons. The molecule has 0 heterocycles. The van der Waals surface area contributed by atoms with Gasteiger partial charge in [-0.25, -0.2) is 8.78 Å². The Labute approximate surface area is 126 Å². The van der Waals surface area contributed by atoms with E-state index in [1.165, 1.54) is 18.0 Å². The molecule has 0 saturated carbocycles. The van der Waals surface area contributed by atoms with Crippen LogP contribution in [0.2, 0.25) is 0 Å². The molecule has 0 aliphatic carbocycles. The molecular weight excluding hydrogens is 290 g/mol. The van der Waals surface area contributed by atoms with E-state index in [4.69, 9.17) is 0 Å². The lowest BCUT2D eigenvalue weighted by atomic mass is 10.2. The minimum absolute atomic E-state index is 0.0189. The third-order valence-electron chi connectivity index (χ3n) is 2.98. The molecule has 0 aromatic heterocycles. The highest BCUT2D eigenvalue weighted by Gasteiger charge is 2.19. The van der Waals surface area contributed by atoms with Gasteiger partial charge in [0.1, 0.15) is 0 Å². The van der Waals surface area contributed by atoms with Gasteiger partial charge in [-0.1, -0.05) is 30.3 Å². The number of rotatable bonds is 3. The van der Waals surface area contributed by atoms with Crippen molar-refractivity contribution in [2.75, 3.05) is 12.4 Å². The summed E-state index contributed by atoms with van der Waals surface area (Å²) in [4.78, 5) is 25.0. The number of anilines is 1. The summed E-state index contributed by atoms with van der Waals surface area (Å²) in [7, 11) is 1.49. The molecular formula is C16H14F2N2O2. The van der Waals surface area contributed by atoms with E-state index in [0.717, 1.165) is 17.7 Å². The van der Waals surface area contributed by atoms with Crippen LogP contribution in [0.25, 0.3) is 0 Å². The third-order valence-corrected chi connectivity index (χ3v) is 2.98. The zero-order chi connectivity index (χ0) is 16.1. The Bertz CT molecular complexity index is 690. The average molecular weight is 304 g/mol. The molecule has 0 atom stereocenters. The number of hydrogen-bond acceptors (Lipinski definition) is 2. The minimum atomic E-state index is -1.09. The SMILES string of the molecule is CN(Cc1ccccc1)C(=O)C(=O)Nc1ccc(F)c(F)c1. The second kappa shape index (κ2) is 6.80. The number of nitrogens with zero attached hydrogens (tertiary/aromatic N) is 1. The number of hydrogen-bond donors (Lipinski definition) is 1. The quantitative estimate of drug-likeness (QED) is 0.886. The number of likely N-dealkylation sites (N-methyl/N-ethyl adjacent to an activating group) is 1. The number of amides is 2. The summed E-state index contributed by atoms with van der Waals surface area (Å²) >= 11 is 0. The molecule has 0 fully saturated rings. The van der Waals surface area contributed by atoms with E-state index in [-0.39, 0.29) is 12.2 Å². The molecule has 0 unspecified atom stereocenters. The molecule has 0 bridgehead atoms. The van der Waals surface area contributed by atoms with Gasteiger partial charge in [-0.3, -0.25) is 9.59 Å². The summed E-state index contributed by atoms with van der Waals surface area (Å²) in [6.45, 7) is 0.269. The van der Waals surface area contributed by atoms with Gasteiger partial charge >= 0.3 is 11.8 Å². The maximum Gasteiger partial charge on any atom is 0.313 e. The normalized spacial score (nSPS) is 10.1. The van der Waals surface area contributed by atoms with E-state index in [1.54, 1.807) is 0 Å². The lowest BCUT2D eigenvalue weighted by Crippen LogP contribution is -2.36. The van der Waals surface area contributed by atoms with Gasteiger partial charge in [-0.05, 0) is 17.7 Å². The van der Waals surface area contributed by atoms with Crippen LogP contribution in [0.15, 0.2) is 48.5 Å². The summed E-state index contributed by atoms with van der Waals surface area (Å²) in [6.07, 6.45) is 0. The van der Waals surface area contributed by atoms with Crippen molar-refractivity contribution in [3.63, 3.8) is 0 Å². The molecule has 1 N–H and O–H groups in total. The summed E-state index contributed by atoms with van der Waals surface area (Å²) in [5, 5.41) is 2.24. The van der Waals surface area contributed by atoms with Crippen LogP contribution in [0, 0.1) is 11.6 Å². The molecule has 4 nitrogen and oxygen atoms in total. The first-order valence-electron chi connectivity index (χ1n) is 6.53. The van der Waals surface area contributed by atoms with Gasteiger partial charge < -0.3 is 10.2 Å². The highest BCUT2D eigenvalue weighted by Crippen LogP contribution is 2.13. The molecule has 0 aliphatic rings. The molecule has 114 valence electrons. The third kappa shape index (κ3) is 3.88. The van der Waals surface area contributed by atoms with Crippen molar-refractivity contribution >= 4 is 17.5 Å². The monoisotopic (exact) mass is 304 g/mol. The Morgan fingerprint density at radius 1 is 1.05 bits per heavy atom. The maximum atomic E-state index is 13.1. The van der Waals surface area contributed by atoms with E-state index < -0.39 is 23.4 Å². The smallest absolute Gasteiger partial charge is 0.313 e. The van der Waals surface area contributed by atoms with Gasteiger partial charge in [-0.15, -0.1) is 0 Å². The Hall–Kier alpha value is -2.76. The maximum absolute atomic E-state index is 13.1. The standard InChI is InChI=1S/C16H14F2N2O2/c1-20(10-11-5-3-2-4-6-11)16(22)15(21)19-12-7-8-13(17)14(18)9-12/h2-9H,10H2,1H3,(H,19,21). The minimum Gasteiger partial charge on any atom is -0.333 e. The highest BCUT2D eigenvalue weighted by molar-refractivity contribution is 6.39. The Kier molecular flexibility index (Phi) is 4.83. The van der Waals surface area contributed by atoms with Crippen molar-refractivity contribution in [1.82, 2.24) is 4.90 Å². The fourth-order valence-electron chi connectivity index (χ4n) is 1.86. The van der Waals surface area contributed by atoms with Crippen molar-refractivity contribution in [3.8, 4) is 0 Å². The van der Waals surface area contributed by atoms with Crippen LogP contribution in [0.4, 0.5) is 14.5 Å². The zero-order valence-corrected chi connectivity index (χ0v) is 11.8. The summed E-state index contributed by atoms with van der Waals surface area (Å²) < 4.78 is 25.9. The van der Waals surface area contributed by atoms with Crippen molar-refractivity contribution in [1.29, 1.82) is 0 Å². The molecule has 2 amide bonds. The fraction of sp³-hybridized carbons (Fsp3) is 0.125. The predicted molar refractivity (Wildman–Crippen MR) is 77.9 cm³/mol. The Balaban J connectivity index is 1.99. The van der Waals surface area contributed by atoms with Gasteiger partial charge in [0.05, 0.1) is 0 Å². The topological polar surface area (TPSA) is 49.4 Å². The molecule has 2 aromatic carbocycles. The van der Waals surface area contributed by atoms with Gasteiger partial charge in [0.25, 0.3) is 0 Å². The van der Waals surface area contributed by atoms with Crippen molar-refractivity contribution in [2.24, 2.45) is 0 Å². The molecule has 22 heavy (non-hydrogen) atoms. The van der Waals surface area contributed by atoms with Crippen molar-refractivity contribution < 1.29 is 18.4 Å². The molecule has 6 heteroatoms. The van der Waals surface area contributed by atoms with Crippen LogP contribution in [0.1, 0.15) is 5.56 Å². The number of halogens is 2. The van der Waals surface area contributed by atoms with E-state index in [9.17, 15) is 18.4 Å². The van der Waals surface area contributed by atoms with Crippen LogP contribution in [0.3, 0.4) is 0 Å². The van der Waals surface area contributed by atoms with Crippen LogP contribution in [0.5, 0.6) is 0 Å². The van der Waals surface area contributed by atoms with Crippen LogP contribution < -0.4 is 5.32 Å². The van der Waals surface area contributed by atoms with Gasteiger partial charge in [0, 0.05) is 25.3 Å². The molecule has 0 saturated heterocycles. The fourth-order valence-corrected chi connectivity index (χ4v) is 1.86. The zero-order valence-electron chi connectivity index (χ0n) is 11.8. The molecule has 2 rings (SSSR count). The highest BCUT2D eigenvalue weighted by atomic mass is 19.2. The Morgan fingerprint density at radius 3 is 2.36 bits per heavy atom. The van der Waals surface area contributed by atoms with E-state index in [2.05, 4.69) is 5.32 Å². The van der Waals surface area contributed by atoms with E-state index >= 15 is 0 Å². The van der Waals surface area contributed by atoms with Gasteiger partial charge in [-0.2, -0.15) is 0 Å². The second-order valence-electron chi connectivity index (χ2n) is 4.73. The van der Waals surface area contributed by atoms with Crippen LogP contribution in [-0.4, -0.2) is 23.8 Å². The van der Waals surface area contributed by atoms with Gasteiger partial charge in [0.2, 0.25) is 0 Å². The average Bonchev–Trinajstić information content (AvgIpc) is 2.51. The largest absolute Gasteiger partial charge is 0.333 e. The van der Waals surface area contributed by atoms with E-state index in [0.29, 0.717) is 0 Å². The first kappa shape index (κ1) is 15.6. The lowest BCUT2D eigenvalue weighted by Gasteiger charge is -2.16. The number of benzene rings is 2. The van der Waals surface area contributed by atoms with Crippen molar-refractivity contribution in [2.45, 2.75) is 6.54 Å². The molecule has 0 aliphatic heterocycles. The number of nitrogens with one attached hydrogen (secondary N) is 1. The summed E-state index contributed by atoms with van der Waals surface area (Å²) in [5.74, 6) is -3.80. The molecule has 0 spiro atoms. The molecule has 2 aromatic rings. The van der Waals surface area contributed by atoms with Gasteiger partial charge in [0.15, 0.2) is 11.6 Å². The van der Waals surface area contributed by atoms with Crippen LogP contribution >= 0.6 is 0 Å². The number of carbonyl (C=O) groups is 2. The van der Waals surface area contributed by atoms with E-state index in [1.807, 2.05) is 30.3 Å². The summed E-state index contributed by atoms with van der Waals surface area (Å²) in [6, 6.07) is 12.0. The Morgan fingerprint density at radius 2 is 1.73 bits per heavy atom. The van der Waals surface area contributed by atoms with Crippen molar-refractivity contribution in [3.05, 3.63) is 65.7 Å². The van der Waals surface area contributed by atoms with Crippen LogP contribution in [-0.2, 0) is 16.1 Å². The lowest BCUT2D eigenvalue weighted by molar-refractivity contribution is -0.142. The first-order chi connectivity index (χ1) is 10.5.